The molecule has 1 aliphatic carbocycles. The van der Waals surface area contributed by atoms with Crippen molar-refractivity contribution in [2.45, 2.75) is 36.1 Å². The fourth-order valence-corrected chi connectivity index (χ4v) is 5.70. The molecule has 2 aromatic heterocycles. The van der Waals surface area contributed by atoms with Gasteiger partial charge >= 0.3 is 0 Å². The third-order valence-electron chi connectivity index (χ3n) is 5.39. The normalized spacial score (nSPS) is 18.0. The van der Waals surface area contributed by atoms with Crippen molar-refractivity contribution in [3.63, 3.8) is 0 Å². The lowest BCUT2D eigenvalue weighted by molar-refractivity contribution is -0.116. The lowest BCUT2D eigenvalue weighted by atomic mass is 9.79. The number of nitrogens with zero attached hydrogens (tertiary/aromatic N) is 1. The molecule has 0 fully saturated rings. The largest absolute Gasteiger partial charge is 0.343 e. The Hall–Kier alpha value is -2.71. The van der Waals surface area contributed by atoms with Crippen LogP contribution >= 0.6 is 23.1 Å². The molecule has 2 N–H and O–H groups in total. The predicted molar refractivity (Wildman–Crippen MR) is 116 cm³/mol. The van der Waals surface area contributed by atoms with Gasteiger partial charge in [-0.05, 0) is 35.9 Å². The number of ketones is 1. The number of rotatable bonds is 4. The molecule has 2 aliphatic rings. The topological polar surface area (TPSA) is 74.8 Å². The number of Topliss-reactive ketones (excluding diaryl/α,β-unsaturated/α-hetero) is 1. The summed E-state index contributed by atoms with van der Waals surface area (Å²) in [6, 6.07) is 10.4. The Kier molecular flexibility index (Phi) is 5.04. The van der Waals surface area contributed by atoms with Crippen LogP contribution in [0.3, 0.4) is 0 Å². The summed E-state index contributed by atoms with van der Waals surface area (Å²) < 4.78 is 13.9. The van der Waals surface area contributed by atoms with Gasteiger partial charge in [0.1, 0.15) is 11.6 Å². The zero-order valence-electron chi connectivity index (χ0n) is 15.9. The van der Waals surface area contributed by atoms with Crippen LogP contribution in [0, 0.1) is 5.82 Å². The molecular formula is C22H18FN3O2S2. The van der Waals surface area contributed by atoms with Gasteiger partial charge in [0, 0.05) is 28.3 Å². The molecule has 0 saturated carbocycles. The molecule has 30 heavy (non-hydrogen) atoms. The van der Waals surface area contributed by atoms with Crippen molar-refractivity contribution in [3.05, 3.63) is 85.2 Å². The van der Waals surface area contributed by atoms with Crippen LogP contribution in [0.15, 0.2) is 63.0 Å². The maximum absolute atomic E-state index is 13.9. The van der Waals surface area contributed by atoms with Crippen molar-refractivity contribution in [3.8, 4) is 0 Å². The summed E-state index contributed by atoms with van der Waals surface area (Å²) >= 11 is 2.81. The van der Waals surface area contributed by atoms with Crippen molar-refractivity contribution in [2.75, 3.05) is 5.32 Å². The number of thiophene rings is 1. The van der Waals surface area contributed by atoms with E-state index in [1.807, 2.05) is 17.5 Å². The minimum absolute atomic E-state index is 0.0882. The minimum Gasteiger partial charge on any atom is -0.343 e. The molecule has 3 aromatic rings. The number of H-pyrrole nitrogens is 1. The number of aromatic nitrogens is 2. The van der Waals surface area contributed by atoms with Crippen LogP contribution < -0.4 is 10.9 Å². The Morgan fingerprint density at radius 1 is 1.17 bits per heavy atom. The van der Waals surface area contributed by atoms with Crippen molar-refractivity contribution >= 4 is 34.7 Å². The Bertz CT molecular complexity index is 1220. The number of halogens is 1. The zero-order chi connectivity index (χ0) is 20.7. The molecule has 3 heterocycles. The number of benzene rings is 1. The maximum Gasteiger partial charge on any atom is 0.257 e. The average Bonchev–Trinajstić information content (AvgIpc) is 3.26. The van der Waals surface area contributed by atoms with E-state index in [-0.39, 0.29) is 17.2 Å². The highest BCUT2D eigenvalue weighted by Crippen LogP contribution is 2.44. The summed E-state index contributed by atoms with van der Waals surface area (Å²) in [6.45, 7) is 0. The van der Waals surface area contributed by atoms with Crippen LogP contribution in [-0.2, 0) is 10.5 Å². The SMILES string of the molecule is O=C1CCCC2=C1[C@@H](c1cccs1)c1c(nc(SCc3ccccc3F)[nH]c1=O)N2. The Morgan fingerprint density at radius 3 is 2.83 bits per heavy atom. The fourth-order valence-electron chi connectivity index (χ4n) is 4.01. The van der Waals surface area contributed by atoms with E-state index < -0.39 is 5.92 Å². The molecule has 1 aromatic carbocycles. The number of carbonyl (C=O) groups excluding carboxylic acids is 1. The molecule has 5 rings (SSSR count). The molecule has 0 bridgehead atoms. The highest BCUT2D eigenvalue weighted by molar-refractivity contribution is 7.98. The molecule has 0 unspecified atom stereocenters. The second-order valence-corrected chi connectivity index (χ2v) is 9.20. The third-order valence-corrected chi connectivity index (χ3v) is 7.25. The van der Waals surface area contributed by atoms with Gasteiger partial charge in [0.25, 0.3) is 5.56 Å². The lowest BCUT2D eigenvalue weighted by Crippen LogP contribution is -2.32. The van der Waals surface area contributed by atoms with E-state index in [1.54, 1.807) is 18.2 Å². The molecule has 0 radical (unpaired) electrons. The monoisotopic (exact) mass is 439 g/mol. The summed E-state index contributed by atoms with van der Waals surface area (Å²) in [7, 11) is 0. The van der Waals surface area contributed by atoms with E-state index >= 15 is 0 Å². The van der Waals surface area contributed by atoms with E-state index in [0.717, 1.165) is 23.4 Å². The molecule has 152 valence electrons. The highest BCUT2D eigenvalue weighted by atomic mass is 32.2. The quantitative estimate of drug-likeness (QED) is 0.450. The van der Waals surface area contributed by atoms with Crippen molar-refractivity contribution in [1.82, 2.24) is 9.97 Å². The van der Waals surface area contributed by atoms with Gasteiger partial charge in [0.15, 0.2) is 10.9 Å². The van der Waals surface area contributed by atoms with E-state index in [0.29, 0.717) is 39.8 Å². The summed E-state index contributed by atoms with van der Waals surface area (Å²) in [5.74, 6) is 0.254. The molecule has 1 atom stereocenters. The first-order chi connectivity index (χ1) is 14.6. The van der Waals surface area contributed by atoms with Gasteiger partial charge < -0.3 is 10.3 Å². The van der Waals surface area contributed by atoms with E-state index in [2.05, 4.69) is 15.3 Å². The van der Waals surface area contributed by atoms with Crippen molar-refractivity contribution in [1.29, 1.82) is 0 Å². The smallest absolute Gasteiger partial charge is 0.257 e. The van der Waals surface area contributed by atoms with Crippen LogP contribution in [0.4, 0.5) is 10.2 Å². The number of fused-ring (bicyclic) bond motifs is 1. The number of aromatic amines is 1. The number of thioether (sulfide) groups is 1. The predicted octanol–water partition coefficient (Wildman–Crippen LogP) is 4.83. The van der Waals surface area contributed by atoms with Crippen LogP contribution in [-0.4, -0.2) is 15.8 Å². The number of anilines is 1. The fraction of sp³-hybridized carbons (Fsp3) is 0.227. The number of hydrogen-bond acceptors (Lipinski definition) is 6. The Balaban J connectivity index is 1.55. The van der Waals surface area contributed by atoms with Crippen LogP contribution in [0.25, 0.3) is 0 Å². The first-order valence-electron chi connectivity index (χ1n) is 9.69. The summed E-state index contributed by atoms with van der Waals surface area (Å²) in [5.41, 5.74) is 2.30. The Labute approximate surface area is 180 Å². The highest BCUT2D eigenvalue weighted by Gasteiger charge is 2.38. The van der Waals surface area contributed by atoms with E-state index in [1.165, 1.54) is 29.2 Å². The standard InChI is InChI=1S/C22H18FN3O2S2/c23-13-6-2-1-5-12(13)11-30-22-25-20-19(21(28)26-22)18(16-9-4-10-29-16)17-14(24-20)7-3-8-15(17)27/h1-2,4-6,9-10,18H,3,7-8,11H2,(H2,24,25,26,28)/t18-/m1/s1. The van der Waals surface area contributed by atoms with E-state index in [4.69, 9.17) is 0 Å². The maximum atomic E-state index is 13.9. The summed E-state index contributed by atoms with van der Waals surface area (Å²) in [4.78, 5) is 34.3. The van der Waals surface area contributed by atoms with Gasteiger partial charge in [0.2, 0.25) is 0 Å². The number of carbonyl (C=O) groups is 1. The van der Waals surface area contributed by atoms with Gasteiger partial charge in [-0.2, -0.15) is 0 Å². The molecule has 5 nitrogen and oxygen atoms in total. The number of hydrogen-bond donors (Lipinski definition) is 2. The van der Waals surface area contributed by atoms with Gasteiger partial charge in [-0.25, -0.2) is 9.37 Å². The van der Waals surface area contributed by atoms with Gasteiger partial charge in [0.05, 0.1) is 11.5 Å². The molecule has 1 aliphatic heterocycles. The van der Waals surface area contributed by atoms with Gasteiger partial charge in [-0.1, -0.05) is 36.0 Å². The van der Waals surface area contributed by atoms with E-state index in [9.17, 15) is 14.0 Å². The molecule has 0 spiro atoms. The second kappa shape index (κ2) is 7.85. The second-order valence-electron chi connectivity index (χ2n) is 7.26. The Morgan fingerprint density at radius 2 is 2.03 bits per heavy atom. The number of allylic oxidation sites excluding steroid dienone is 2. The van der Waals surface area contributed by atoms with Gasteiger partial charge in [-0.3, -0.25) is 9.59 Å². The summed E-state index contributed by atoms with van der Waals surface area (Å²) in [6.07, 6.45) is 2.05. The van der Waals surface area contributed by atoms with Crippen LogP contribution in [0.2, 0.25) is 0 Å². The molecule has 0 amide bonds. The molecule has 0 saturated heterocycles. The first kappa shape index (κ1) is 19.3. The van der Waals surface area contributed by atoms with Gasteiger partial charge in [-0.15, -0.1) is 11.3 Å². The number of nitrogens with one attached hydrogen (secondary N) is 2. The average molecular weight is 440 g/mol. The van der Waals surface area contributed by atoms with Crippen molar-refractivity contribution in [2.24, 2.45) is 0 Å². The van der Waals surface area contributed by atoms with Crippen LogP contribution in [0.5, 0.6) is 0 Å². The lowest BCUT2D eigenvalue weighted by Gasteiger charge is -2.32. The minimum atomic E-state index is -0.397. The molecule has 8 heteroatoms. The zero-order valence-corrected chi connectivity index (χ0v) is 17.5. The van der Waals surface area contributed by atoms with Crippen molar-refractivity contribution < 1.29 is 9.18 Å². The molecular weight excluding hydrogens is 421 g/mol. The first-order valence-corrected chi connectivity index (χ1v) is 11.6. The van der Waals surface area contributed by atoms with Crippen LogP contribution in [0.1, 0.15) is 41.2 Å². The third kappa shape index (κ3) is 3.40. The summed E-state index contributed by atoms with van der Waals surface area (Å²) in [5, 5.41) is 5.63.